The van der Waals surface area contributed by atoms with Crippen LogP contribution in [0.2, 0.25) is 0 Å². The van der Waals surface area contributed by atoms with Crippen molar-refractivity contribution in [3.05, 3.63) is 40.2 Å². The van der Waals surface area contributed by atoms with Crippen molar-refractivity contribution in [2.45, 2.75) is 6.92 Å². The van der Waals surface area contributed by atoms with Crippen LogP contribution < -0.4 is 10.5 Å². The molecule has 1 aliphatic rings. The molecule has 1 aromatic heterocycles. The number of morpholine rings is 1. The van der Waals surface area contributed by atoms with Crippen LogP contribution in [0.15, 0.2) is 33.5 Å². The maximum absolute atomic E-state index is 11.4. The summed E-state index contributed by atoms with van der Waals surface area (Å²) in [4.78, 5) is 13.6. The Morgan fingerprint density at radius 1 is 1.17 bits per heavy atom. The molecule has 1 aliphatic heterocycles. The van der Waals surface area contributed by atoms with Crippen molar-refractivity contribution < 1.29 is 9.15 Å². The number of fused-ring (bicyclic) bond motifs is 1. The molecule has 0 spiro atoms. The van der Waals surface area contributed by atoms with E-state index in [-0.39, 0.29) is 5.63 Å². The fraction of sp³-hybridized carbons (Fsp3) is 0.357. The molecular weight excluding hydrogens is 230 g/mol. The molecule has 2 heterocycles. The molecule has 94 valence electrons. The lowest BCUT2D eigenvalue weighted by atomic mass is 10.1. The predicted molar refractivity (Wildman–Crippen MR) is 70.3 cm³/mol. The van der Waals surface area contributed by atoms with E-state index in [0.717, 1.165) is 42.9 Å². The van der Waals surface area contributed by atoms with Crippen molar-refractivity contribution in [3.8, 4) is 0 Å². The molecular formula is C14H15NO3. The van der Waals surface area contributed by atoms with Gasteiger partial charge in [0, 0.05) is 36.3 Å². The normalized spacial score (nSPS) is 16.2. The second-order valence-electron chi connectivity index (χ2n) is 4.53. The average molecular weight is 245 g/mol. The van der Waals surface area contributed by atoms with E-state index in [1.165, 1.54) is 6.07 Å². The molecule has 2 aromatic rings. The van der Waals surface area contributed by atoms with E-state index in [2.05, 4.69) is 11.0 Å². The Morgan fingerprint density at radius 2 is 1.94 bits per heavy atom. The smallest absolute Gasteiger partial charge is 0.336 e. The van der Waals surface area contributed by atoms with Crippen LogP contribution in [0.4, 0.5) is 5.69 Å². The topological polar surface area (TPSA) is 42.7 Å². The monoisotopic (exact) mass is 245 g/mol. The predicted octanol–water partition coefficient (Wildman–Crippen LogP) is 1.94. The summed E-state index contributed by atoms with van der Waals surface area (Å²) in [6, 6.07) is 7.55. The van der Waals surface area contributed by atoms with Gasteiger partial charge in [-0.25, -0.2) is 4.79 Å². The first kappa shape index (κ1) is 11.3. The van der Waals surface area contributed by atoms with Crippen LogP contribution in [0.3, 0.4) is 0 Å². The van der Waals surface area contributed by atoms with Crippen LogP contribution in [-0.2, 0) is 4.74 Å². The number of nitrogens with zero attached hydrogens (tertiary/aromatic N) is 1. The third-order valence-corrected chi connectivity index (χ3v) is 3.31. The van der Waals surface area contributed by atoms with Gasteiger partial charge in [0.2, 0.25) is 0 Å². The highest BCUT2D eigenvalue weighted by atomic mass is 16.5. The second-order valence-corrected chi connectivity index (χ2v) is 4.53. The van der Waals surface area contributed by atoms with Gasteiger partial charge in [-0.1, -0.05) is 0 Å². The maximum Gasteiger partial charge on any atom is 0.336 e. The summed E-state index contributed by atoms with van der Waals surface area (Å²) in [5.41, 5.74) is 2.40. The minimum atomic E-state index is -0.292. The molecule has 4 heteroatoms. The zero-order chi connectivity index (χ0) is 12.5. The van der Waals surface area contributed by atoms with Gasteiger partial charge in [-0.15, -0.1) is 0 Å². The Morgan fingerprint density at radius 3 is 2.72 bits per heavy atom. The molecule has 4 nitrogen and oxygen atoms in total. The quantitative estimate of drug-likeness (QED) is 0.720. The molecule has 3 rings (SSSR count). The van der Waals surface area contributed by atoms with E-state index < -0.39 is 0 Å². The Bertz CT molecular complexity index is 626. The van der Waals surface area contributed by atoms with E-state index in [1.54, 1.807) is 0 Å². The molecule has 0 amide bonds. The lowest BCUT2D eigenvalue weighted by Crippen LogP contribution is -2.36. The molecule has 18 heavy (non-hydrogen) atoms. The van der Waals surface area contributed by atoms with E-state index in [1.807, 2.05) is 19.1 Å². The highest BCUT2D eigenvalue weighted by Gasteiger charge is 2.12. The zero-order valence-electron chi connectivity index (χ0n) is 10.3. The van der Waals surface area contributed by atoms with Gasteiger partial charge < -0.3 is 14.1 Å². The summed E-state index contributed by atoms with van der Waals surface area (Å²) in [7, 11) is 0. The summed E-state index contributed by atoms with van der Waals surface area (Å²) < 4.78 is 10.6. The molecule has 1 fully saturated rings. The van der Waals surface area contributed by atoms with Crippen molar-refractivity contribution in [3.63, 3.8) is 0 Å². The van der Waals surface area contributed by atoms with Gasteiger partial charge >= 0.3 is 5.63 Å². The maximum atomic E-state index is 11.4. The number of ether oxygens (including phenoxy) is 1. The number of anilines is 1. The number of hydrogen-bond acceptors (Lipinski definition) is 4. The second kappa shape index (κ2) is 4.46. The number of hydrogen-bond donors (Lipinski definition) is 0. The van der Waals surface area contributed by atoms with E-state index >= 15 is 0 Å². The van der Waals surface area contributed by atoms with Crippen LogP contribution in [0, 0.1) is 6.92 Å². The molecule has 1 aromatic carbocycles. The first-order valence-corrected chi connectivity index (χ1v) is 6.11. The van der Waals surface area contributed by atoms with Gasteiger partial charge in [0.15, 0.2) is 0 Å². The largest absolute Gasteiger partial charge is 0.423 e. The van der Waals surface area contributed by atoms with Gasteiger partial charge in [-0.05, 0) is 24.6 Å². The van der Waals surface area contributed by atoms with Crippen LogP contribution in [0.1, 0.15) is 5.56 Å². The number of rotatable bonds is 1. The van der Waals surface area contributed by atoms with Crippen molar-refractivity contribution in [2.24, 2.45) is 0 Å². The van der Waals surface area contributed by atoms with Gasteiger partial charge in [0.25, 0.3) is 0 Å². The Kier molecular flexibility index (Phi) is 2.80. The minimum absolute atomic E-state index is 0.292. The molecule has 0 aliphatic carbocycles. The Hall–Kier alpha value is -1.81. The summed E-state index contributed by atoms with van der Waals surface area (Å²) in [5.74, 6) is 0. The van der Waals surface area contributed by atoms with Crippen LogP contribution in [0.25, 0.3) is 11.0 Å². The fourth-order valence-electron chi connectivity index (χ4n) is 2.33. The molecule has 0 bridgehead atoms. The summed E-state index contributed by atoms with van der Waals surface area (Å²) in [6.45, 7) is 5.17. The molecule has 0 unspecified atom stereocenters. The van der Waals surface area contributed by atoms with Gasteiger partial charge in [0.05, 0.1) is 13.2 Å². The van der Waals surface area contributed by atoms with Crippen molar-refractivity contribution in [2.75, 3.05) is 31.2 Å². The zero-order valence-corrected chi connectivity index (χ0v) is 10.3. The average Bonchev–Trinajstić information content (AvgIpc) is 2.39. The molecule has 1 saturated heterocycles. The van der Waals surface area contributed by atoms with Gasteiger partial charge in [-0.2, -0.15) is 0 Å². The number of benzene rings is 1. The van der Waals surface area contributed by atoms with Crippen molar-refractivity contribution in [1.29, 1.82) is 0 Å². The van der Waals surface area contributed by atoms with E-state index in [9.17, 15) is 4.79 Å². The Labute approximate surface area is 105 Å². The molecule has 0 radical (unpaired) electrons. The molecule has 0 N–H and O–H groups in total. The lowest BCUT2D eigenvalue weighted by Gasteiger charge is -2.28. The first-order chi connectivity index (χ1) is 8.74. The van der Waals surface area contributed by atoms with Crippen LogP contribution in [-0.4, -0.2) is 26.3 Å². The van der Waals surface area contributed by atoms with E-state index in [0.29, 0.717) is 5.58 Å². The minimum Gasteiger partial charge on any atom is -0.423 e. The third kappa shape index (κ3) is 1.99. The first-order valence-electron chi connectivity index (χ1n) is 6.11. The SMILES string of the molecule is Cc1cc(=O)oc2cc(N3CCOCC3)ccc12. The molecule has 0 atom stereocenters. The van der Waals surface area contributed by atoms with Crippen LogP contribution in [0.5, 0.6) is 0 Å². The fourth-order valence-corrected chi connectivity index (χ4v) is 2.33. The summed E-state index contributed by atoms with van der Waals surface area (Å²) >= 11 is 0. The summed E-state index contributed by atoms with van der Waals surface area (Å²) in [6.07, 6.45) is 0. The van der Waals surface area contributed by atoms with Gasteiger partial charge in [-0.3, -0.25) is 0 Å². The third-order valence-electron chi connectivity index (χ3n) is 3.31. The molecule has 0 saturated carbocycles. The standard InChI is InChI=1S/C14H15NO3/c1-10-8-14(16)18-13-9-11(2-3-12(10)13)15-4-6-17-7-5-15/h2-3,8-9H,4-7H2,1H3. The van der Waals surface area contributed by atoms with Gasteiger partial charge in [0.1, 0.15) is 5.58 Å². The van der Waals surface area contributed by atoms with Crippen molar-refractivity contribution >= 4 is 16.7 Å². The Balaban J connectivity index is 2.07. The number of aryl methyl sites for hydroxylation is 1. The highest BCUT2D eigenvalue weighted by molar-refractivity contribution is 5.83. The highest BCUT2D eigenvalue weighted by Crippen LogP contribution is 2.23. The van der Waals surface area contributed by atoms with Crippen LogP contribution >= 0.6 is 0 Å². The summed E-state index contributed by atoms with van der Waals surface area (Å²) in [5, 5.41) is 0.992. The lowest BCUT2D eigenvalue weighted by molar-refractivity contribution is 0.122. The van der Waals surface area contributed by atoms with E-state index in [4.69, 9.17) is 9.15 Å². The van der Waals surface area contributed by atoms with Crippen molar-refractivity contribution in [1.82, 2.24) is 0 Å².